The lowest BCUT2D eigenvalue weighted by Gasteiger charge is -2.09. The zero-order chi connectivity index (χ0) is 17.2. The van der Waals surface area contributed by atoms with E-state index in [2.05, 4.69) is 25.3 Å². The minimum atomic E-state index is -0.255. The summed E-state index contributed by atoms with van der Waals surface area (Å²) >= 11 is 5.75. The minimum Gasteiger partial charge on any atom is -0.313 e. The molecule has 0 unspecified atom stereocenters. The standard InChI is InChI=1S/C17H13ClN6O/c18-11-8-20-17(21-9-11)23-15(25)10-24-14-6-2-1-4-12(14)22-16(24)13-5-3-7-19-13/h1-2,4-9H,3,10H2,(H,20,21,23,25). The molecule has 1 aliphatic rings. The van der Waals surface area contributed by atoms with Gasteiger partial charge in [-0.2, -0.15) is 0 Å². The first-order valence-electron chi connectivity index (χ1n) is 7.66. The van der Waals surface area contributed by atoms with Crippen molar-refractivity contribution < 1.29 is 4.79 Å². The van der Waals surface area contributed by atoms with E-state index in [9.17, 15) is 4.79 Å². The van der Waals surface area contributed by atoms with Gasteiger partial charge in [-0.05, 0) is 18.2 Å². The van der Waals surface area contributed by atoms with Crippen molar-refractivity contribution in [2.24, 2.45) is 4.99 Å². The van der Waals surface area contributed by atoms with Crippen LogP contribution in [0.2, 0.25) is 5.02 Å². The fourth-order valence-corrected chi connectivity index (χ4v) is 2.73. The summed E-state index contributed by atoms with van der Waals surface area (Å²) < 4.78 is 1.84. The van der Waals surface area contributed by atoms with E-state index in [0.717, 1.165) is 23.2 Å². The maximum absolute atomic E-state index is 12.4. The maximum Gasteiger partial charge on any atom is 0.246 e. The van der Waals surface area contributed by atoms with Gasteiger partial charge in [-0.1, -0.05) is 23.7 Å². The van der Waals surface area contributed by atoms with Gasteiger partial charge in [0.1, 0.15) is 12.2 Å². The van der Waals surface area contributed by atoms with Gasteiger partial charge in [0, 0.05) is 12.6 Å². The van der Waals surface area contributed by atoms with Gasteiger partial charge in [0.25, 0.3) is 0 Å². The minimum absolute atomic E-state index is 0.0781. The Balaban J connectivity index is 1.65. The van der Waals surface area contributed by atoms with E-state index in [-0.39, 0.29) is 18.4 Å². The first kappa shape index (κ1) is 15.5. The quantitative estimate of drug-likeness (QED) is 0.782. The van der Waals surface area contributed by atoms with Crippen molar-refractivity contribution in [2.75, 3.05) is 5.32 Å². The van der Waals surface area contributed by atoms with E-state index < -0.39 is 0 Å². The monoisotopic (exact) mass is 352 g/mol. The van der Waals surface area contributed by atoms with Crippen LogP contribution in [0.5, 0.6) is 0 Å². The van der Waals surface area contributed by atoms with Crippen LogP contribution < -0.4 is 5.32 Å². The van der Waals surface area contributed by atoms with Crippen LogP contribution in [0.1, 0.15) is 12.2 Å². The first-order chi connectivity index (χ1) is 12.2. The molecule has 3 aromatic rings. The third kappa shape index (κ3) is 3.14. The summed E-state index contributed by atoms with van der Waals surface area (Å²) in [5.74, 6) is 0.620. The molecule has 25 heavy (non-hydrogen) atoms. The Morgan fingerprint density at radius 3 is 2.80 bits per heavy atom. The number of aromatic nitrogens is 4. The Morgan fingerprint density at radius 2 is 2.04 bits per heavy atom. The molecular formula is C17H13ClN6O. The molecule has 0 bridgehead atoms. The maximum atomic E-state index is 12.4. The van der Waals surface area contributed by atoms with Crippen LogP contribution in [-0.2, 0) is 11.3 Å². The molecule has 7 nitrogen and oxygen atoms in total. The largest absolute Gasteiger partial charge is 0.313 e. The highest BCUT2D eigenvalue weighted by molar-refractivity contribution is 6.30. The summed E-state index contributed by atoms with van der Waals surface area (Å²) in [6, 6.07) is 7.67. The second-order valence-electron chi connectivity index (χ2n) is 5.42. The number of benzene rings is 1. The fourth-order valence-electron chi connectivity index (χ4n) is 2.63. The molecule has 0 spiro atoms. The second-order valence-corrected chi connectivity index (χ2v) is 5.86. The SMILES string of the molecule is O=C(Cn1c(C2=CCC=N2)nc2ccccc21)Nc1ncc(Cl)cn1. The van der Waals surface area contributed by atoms with Crippen molar-refractivity contribution in [2.45, 2.75) is 13.0 Å². The summed E-state index contributed by atoms with van der Waals surface area (Å²) in [4.78, 5) is 29.4. The lowest BCUT2D eigenvalue weighted by molar-refractivity contribution is -0.116. The smallest absolute Gasteiger partial charge is 0.246 e. The van der Waals surface area contributed by atoms with Gasteiger partial charge in [0.05, 0.1) is 28.4 Å². The van der Waals surface area contributed by atoms with Crippen molar-refractivity contribution in [1.29, 1.82) is 0 Å². The lowest BCUT2D eigenvalue weighted by Crippen LogP contribution is -2.21. The predicted molar refractivity (Wildman–Crippen MR) is 96.5 cm³/mol. The van der Waals surface area contributed by atoms with Crippen LogP contribution in [-0.4, -0.2) is 31.6 Å². The highest BCUT2D eigenvalue weighted by atomic mass is 35.5. The van der Waals surface area contributed by atoms with E-state index >= 15 is 0 Å². The van der Waals surface area contributed by atoms with Gasteiger partial charge in [0.2, 0.25) is 11.9 Å². The number of fused-ring (bicyclic) bond motifs is 1. The van der Waals surface area contributed by atoms with Crippen LogP contribution >= 0.6 is 11.6 Å². The number of rotatable bonds is 4. The van der Waals surface area contributed by atoms with Gasteiger partial charge < -0.3 is 4.57 Å². The average molecular weight is 353 g/mol. The second kappa shape index (κ2) is 6.45. The summed E-state index contributed by atoms with van der Waals surface area (Å²) in [7, 11) is 0. The summed E-state index contributed by atoms with van der Waals surface area (Å²) in [5.41, 5.74) is 2.45. The predicted octanol–water partition coefficient (Wildman–Crippen LogP) is 2.93. The van der Waals surface area contributed by atoms with Crippen molar-refractivity contribution in [3.63, 3.8) is 0 Å². The Labute approximate surface area is 148 Å². The van der Waals surface area contributed by atoms with Crippen LogP contribution in [0.4, 0.5) is 5.95 Å². The first-order valence-corrected chi connectivity index (χ1v) is 8.04. The van der Waals surface area contributed by atoms with Crippen LogP contribution in [0.25, 0.3) is 16.7 Å². The van der Waals surface area contributed by atoms with E-state index in [1.165, 1.54) is 12.4 Å². The number of hydrogen-bond acceptors (Lipinski definition) is 5. The number of nitrogens with one attached hydrogen (secondary N) is 1. The molecule has 0 aliphatic carbocycles. The zero-order valence-corrected chi connectivity index (χ0v) is 13.8. The van der Waals surface area contributed by atoms with Gasteiger partial charge >= 0.3 is 0 Å². The summed E-state index contributed by atoms with van der Waals surface area (Å²) in [6.45, 7) is 0.0781. The number of anilines is 1. The molecule has 0 atom stereocenters. The number of imidazole rings is 1. The molecule has 1 aromatic carbocycles. The third-order valence-electron chi connectivity index (χ3n) is 3.70. The normalized spacial score (nSPS) is 13.2. The van der Waals surface area contributed by atoms with Gasteiger partial charge in [0.15, 0.2) is 5.82 Å². The number of para-hydroxylation sites is 2. The van der Waals surface area contributed by atoms with Crippen molar-refractivity contribution in [1.82, 2.24) is 19.5 Å². The number of carbonyl (C=O) groups is 1. The van der Waals surface area contributed by atoms with Crippen molar-refractivity contribution >= 4 is 46.4 Å². The highest BCUT2D eigenvalue weighted by Gasteiger charge is 2.18. The Kier molecular flexibility index (Phi) is 3.99. The lowest BCUT2D eigenvalue weighted by atomic mass is 10.3. The van der Waals surface area contributed by atoms with Gasteiger partial charge in [-0.15, -0.1) is 0 Å². The van der Waals surface area contributed by atoms with E-state index in [1.807, 2.05) is 41.1 Å². The molecule has 124 valence electrons. The van der Waals surface area contributed by atoms with E-state index in [1.54, 1.807) is 0 Å². The molecular weight excluding hydrogens is 340 g/mol. The number of carbonyl (C=O) groups excluding carboxylic acids is 1. The van der Waals surface area contributed by atoms with Gasteiger partial charge in [-0.25, -0.2) is 15.0 Å². The molecule has 4 rings (SSSR count). The van der Waals surface area contributed by atoms with Crippen molar-refractivity contribution in [3.8, 4) is 0 Å². The Hall–Kier alpha value is -3.06. The van der Waals surface area contributed by atoms with Crippen LogP contribution in [0, 0.1) is 0 Å². The van der Waals surface area contributed by atoms with E-state index in [0.29, 0.717) is 10.8 Å². The molecule has 0 saturated heterocycles. The number of hydrogen-bond donors (Lipinski definition) is 1. The molecule has 1 amide bonds. The Bertz CT molecular complexity index is 1010. The van der Waals surface area contributed by atoms with Crippen LogP contribution in [0.15, 0.2) is 47.7 Å². The molecule has 0 radical (unpaired) electrons. The molecule has 0 fully saturated rings. The summed E-state index contributed by atoms with van der Waals surface area (Å²) in [6.07, 6.45) is 7.43. The number of nitrogens with zero attached hydrogens (tertiary/aromatic N) is 5. The molecule has 8 heteroatoms. The molecule has 0 saturated carbocycles. The van der Waals surface area contributed by atoms with Crippen molar-refractivity contribution in [3.05, 3.63) is 53.6 Å². The Morgan fingerprint density at radius 1 is 1.24 bits per heavy atom. The average Bonchev–Trinajstić information content (AvgIpc) is 3.25. The number of halogens is 1. The molecule has 1 N–H and O–H groups in total. The van der Waals surface area contributed by atoms with E-state index in [4.69, 9.17) is 11.6 Å². The third-order valence-corrected chi connectivity index (χ3v) is 3.90. The molecule has 2 aromatic heterocycles. The topological polar surface area (TPSA) is 85.1 Å². The molecule has 1 aliphatic heterocycles. The molecule has 3 heterocycles. The van der Waals surface area contributed by atoms with Crippen LogP contribution in [0.3, 0.4) is 0 Å². The number of amides is 1. The number of allylic oxidation sites excluding steroid dienone is 1. The highest BCUT2D eigenvalue weighted by Crippen LogP contribution is 2.24. The fraction of sp³-hybridized carbons (Fsp3) is 0.118. The number of aliphatic imine (C=N–C) groups is 1. The zero-order valence-electron chi connectivity index (χ0n) is 13.1. The summed E-state index contributed by atoms with van der Waals surface area (Å²) in [5, 5.41) is 3.07. The van der Waals surface area contributed by atoms with Gasteiger partial charge in [-0.3, -0.25) is 15.1 Å².